The van der Waals surface area contributed by atoms with Crippen LogP contribution >= 0.6 is 0 Å². The zero-order chi connectivity index (χ0) is 18.9. The van der Waals surface area contributed by atoms with Crippen molar-refractivity contribution in [1.29, 1.82) is 0 Å². The van der Waals surface area contributed by atoms with Crippen molar-refractivity contribution < 1.29 is 14.3 Å². The average Bonchev–Trinajstić information content (AvgIpc) is 2.82. The Balaban J connectivity index is 1.74. The number of nitrogens with zero attached hydrogens (tertiary/aromatic N) is 3. The van der Waals surface area contributed by atoms with Gasteiger partial charge < -0.3 is 14.5 Å². The van der Waals surface area contributed by atoms with Gasteiger partial charge in [0.1, 0.15) is 11.3 Å². The average molecular weight is 359 g/mol. The number of rotatable bonds is 5. The summed E-state index contributed by atoms with van der Waals surface area (Å²) in [6, 6.07) is 8.18. The molecule has 0 radical (unpaired) electrons. The second-order valence-electron chi connectivity index (χ2n) is 7.56. The Morgan fingerprint density at radius 1 is 1.12 bits per heavy atom. The van der Waals surface area contributed by atoms with Crippen LogP contribution in [0, 0.1) is 0 Å². The number of likely N-dealkylation sites (N-methyl/N-ethyl adjacent to an activating group) is 1. The fourth-order valence-electron chi connectivity index (χ4n) is 4.12. The molecule has 0 unspecified atom stereocenters. The van der Waals surface area contributed by atoms with E-state index in [1.165, 1.54) is 4.90 Å². The topological polar surface area (TPSA) is 53.1 Å². The highest BCUT2D eigenvalue weighted by Gasteiger charge is 2.56. The number of hydrogen-bond acceptors (Lipinski definition) is 4. The largest absolute Gasteiger partial charge is 0.497 e. The van der Waals surface area contributed by atoms with Gasteiger partial charge in [-0.15, -0.1) is 0 Å². The number of hydrogen-bond donors (Lipinski definition) is 0. The molecular formula is C20H29N3O3. The van der Waals surface area contributed by atoms with Crippen molar-refractivity contribution in [3.63, 3.8) is 0 Å². The minimum absolute atomic E-state index is 0.0411. The molecule has 3 amide bonds. The van der Waals surface area contributed by atoms with Gasteiger partial charge in [-0.2, -0.15) is 0 Å². The molecule has 2 aliphatic rings. The zero-order valence-electron chi connectivity index (χ0n) is 16.2. The Hall–Kier alpha value is -2.08. The van der Waals surface area contributed by atoms with Gasteiger partial charge in [0.2, 0.25) is 0 Å². The van der Waals surface area contributed by atoms with Crippen LogP contribution in [0.5, 0.6) is 5.75 Å². The van der Waals surface area contributed by atoms with Crippen molar-refractivity contribution in [3.8, 4) is 5.75 Å². The van der Waals surface area contributed by atoms with Crippen molar-refractivity contribution >= 4 is 11.9 Å². The lowest BCUT2D eigenvalue weighted by Gasteiger charge is -2.43. The summed E-state index contributed by atoms with van der Waals surface area (Å²) < 4.78 is 5.19. The summed E-state index contributed by atoms with van der Waals surface area (Å²) >= 11 is 0. The fraction of sp³-hybridized carbons (Fsp3) is 0.600. The van der Waals surface area contributed by atoms with Gasteiger partial charge >= 0.3 is 6.03 Å². The standard InChI is InChI=1S/C20H29N3O3/c1-15(2)22-13-10-20(11-14-22)18(24)21(3)19(25)23(20)12-9-16-5-7-17(26-4)8-6-16/h5-8,15H,9-14H2,1-4H3. The smallest absolute Gasteiger partial charge is 0.327 e. The SMILES string of the molecule is COc1ccc(CCN2C(=O)N(C)C(=O)C23CCN(C(C)C)CC3)cc1. The molecule has 0 aromatic heterocycles. The Morgan fingerprint density at radius 2 is 1.73 bits per heavy atom. The van der Waals surface area contributed by atoms with Gasteiger partial charge in [0, 0.05) is 32.7 Å². The van der Waals surface area contributed by atoms with Crippen molar-refractivity contribution in [2.24, 2.45) is 0 Å². The summed E-state index contributed by atoms with van der Waals surface area (Å²) in [6.45, 7) is 6.61. The molecule has 0 aliphatic carbocycles. The summed E-state index contributed by atoms with van der Waals surface area (Å²) in [5, 5.41) is 0. The van der Waals surface area contributed by atoms with Gasteiger partial charge in [0.05, 0.1) is 7.11 Å². The van der Waals surface area contributed by atoms with E-state index in [0.717, 1.165) is 30.8 Å². The fourth-order valence-corrected chi connectivity index (χ4v) is 4.12. The van der Waals surface area contributed by atoms with Crippen LogP contribution in [0.1, 0.15) is 32.3 Å². The molecule has 6 heteroatoms. The molecule has 0 saturated carbocycles. The second kappa shape index (κ2) is 7.27. The predicted octanol–water partition coefficient (Wildman–Crippen LogP) is 2.37. The van der Waals surface area contributed by atoms with E-state index in [2.05, 4.69) is 18.7 Å². The van der Waals surface area contributed by atoms with E-state index in [1.807, 2.05) is 29.2 Å². The molecule has 2 fully saturated rings. The third-order valence-corrected chi connectivity index (χ3v) is 5.88. The molecule has 1 aromatic rings. The number of carbonyl (C=O) groups is 2. The maximum Gasteiger partial charge on any atom is 0.327 e. The van der Waals surface area contributed by atoms with Crippen LogP contribution in [0.25, 0.3) is 0 Å². The van der Waals surface area contributed by atoms with Crippen molar-refractivity contribution in [2.75, 3.05) is 33.8 Å². The Bertz CT molecular complexity index is 663. The maximum absolute atomic E-state index is 12.9. The number of ether oxygens (including phenoxy) is 1. The van der Waals surface area contributed by atoms with Gasteiger partial charge in [0.15, 0.2) is 0 Å². The number of urea groups is 1. The van der Waals surface area contributed by atoms with Gasteiger partial charge in [-0.3, -0.25) is 9.69 Å². The number of piperidine rings is 1. The molecule has 1 aromatic carbocycles. The summed E-state index contributed by atoms with van der Waals surface area (Å²) in [6.07, 6.45) is 2.15. The van der Waals surface area contributed by atoms with E-state index in [4.69, 9.17) is 4.74 Å². The van der Waals surface area contributed by atoms with Crippen LogP contribution in [-0.2, 0) is 11.2 Å². The number of likely N-dealkylation sites (tertiary alicyclic amines) is 1. The lowest BCUT2D eigenvalue weighted by atomic mass is 9.85. The zero-order valence-corrected chi connectivity index (χ0v) is 16.2. The third kappa shape index (κ3) is 3.18. The number of imide groups is 1. The first kappa shape index (κ1) is 18.7. The Morgan fingerprint density at radius 3 is 2.27 bits per heavy atom. The highest BCUT2D eigenvalue weighted by atomic mass is 16.5. The van der Waals surface area contributed by atoms with E-state index in [9.17, 15) is 9.59 Å². The van der Waals surface area contributed by atoms with Crippen molar-refractivity contribution in [2.45, 2.75) is 44.7 Å². The number of amides is 3. The lowest BCUT2D eigenvalue weighted by molar-refractivity contribution is -0.135. The monoisotopic (exact) mass is 359 g/mol. The van der Waals surface area contributed by atoms with Gasteiger partial charge in [-0.05, 0) is 50.8 Å². The van der Waals surface area contributed by atoms with Crippen LogP contribution in [0.2, 0.25) is 0 Å². The number of carbonyl (C=O) groups excluding carboxylic acids is 2. The van der Waals surface area contributed by atoms with Gasteiger partial charge in [-0.25, -0.2) is 4.79 Å². The Labute approximate surface area is 155 Å². The van der Waals surface area contributed by atoms with E-state index in [0.29, 0.717) is 25.4 Å². The molecule has 0 atom stereocenters. The first-order chi connectivity index (χ1) is 12.4. The van der Waals surface area contributed by atoms with Crippen LogP contribution in [0.15, 0.2) is 24.3 Å². The van der Waals surface area contributed by atoms with Crippen LogP contribution in [0.3, 0.4) is 0 Å². The molecule has 2 saturated heterocycles. The highest BCUT2D eigenvalue weighted by molar-refractivity contribution is 6.06. The van der Waals surface area contributed by atoms with E-state index in [-0.39, 0.29) is 11.9 Å². The number of benzene rings is 1. The summed E-state index contributed by atoms with van der Waals surface area (Å²) in [5.74, 6) is 0.777. The highest BCUT2D eigenvalue weighted by Crippen LogP contribution is 2.37. The molecule has 6 nitrogen and oxygen atoms in total. The molecule has 2 aliphatic heterocycles. The maximum atomic E-state index is 12.9. The molecular weight excluding hydrogens is 330 g/mol. The number of methoxy groups -OCH3 is 1. The summed E-state index contributed by atoms with van der Waals surface area (Å²) in [7, 11) is 3.25. The van der Waals surface area contributed by atoms with Crippen LogP contribution < -0.4 is 4.74 Å². The van der Waals surface area contributed by atoms with Crippen LogP contribution in [-0.4, -0.2) is 72.0 Å². The van der Waals surface area contributed by atoms with Crippen LogP contribution in [0.4, 0.5) is 4.79 Å². The molecule has 0 N–H and O–H groups in total. The molecule has 26 heavy (non-hydrogen) atoms. The Kier molecular flexibility index (Phi) is 5.23. The first-order valence-electron chi connectivity index (χ1n) is 9.36. The molecule has 2 heterocycles. The lowest BCUT2D eigenvalue weighted by Crippen LogP contribution is -2.57. The normalized spacial score (nSPS) is 20.5. The quantitative estimate of drug-likeness (QED) is 0.758. The first-order valence-corrected chi connectivity index (χ1v) is 9.36. The molecule has 0 bridgehead atoms. The third-order valence-electron chi connectivity index (χ3n) is 5.88. The molecule has 3 rings (SSSR count). The second-order valence-corrected chi connectivity index (χ2v) is 7.56. The van der Waals surface area contributed by atoms with E-state index in [1.54, 1.807) is 14.2 Å². The van der Waals surface area contributed by atoms with Gasteiger partial charge in [-0.1, -0.05) is 12.1 Å². The minimum Gasteiger partial charge on any atom is -0.497 e. The molecule has 1 spiro atoms. The van der Waals surface area contributed by atoms with Gasteiger partial charge in [0.25, 0.3) is 5.91 Å². The summed E-state index contributed by atoms with van der Waals surface area (Å²) in [5.41, 5.74) is 0.472. The van der Waals surface area contributed by atoms with Crippen molar-refractivity contribution in [1.82, 2.24) is 14.7 Å². The summed E-state index contributed by atoms with van der Waals surface area (Å²) in [4.78, 5) is 31.1. The predicted molar refractivity (Wildman–Crippen MR) is 100 cm³/mol. The minimum atomic E-state index is -0.663. The van der Waals surface area contributed by atoms with E-state index < -0.39 is 5.54 Å². The van der Waals surface area contributed by atoms with Crippen molar-refractivity contribution in [3.05, 3.63) is 29.8 Å². The van der Waals surface area contributed by atoms with E-state index >= 15 is 0 Å². The molecule has 142 valence electrons.